The van der Waals surface area contributed by atoms with Gasteiger partial charge < -0.3 is 9.15 Å². The zero-order chi connectivity index (χ0) is 19.5. The summed E-state index contributed by atoms with van der Waals surface area (Å²) in [7, 11) is 0. The molecule has 0 aliphatic heterocycles. The van der Waals surface area contributed by atoms with Crippen LogP contribution >= 0.6 is 0 Å². The molecular formula is C24H18O4. The number of Topliss-reactive ketones (excluding diaryl/α,β-unsaturated/α-hetero) is 1. The molecule has 28 heavy (non-hydrogen) atoms. The maximum atomic E-state index is 12.4. The number of rotatable bonds is 5. The second-order valence-electron chi connectivity index (χ2n) is 6.56. The van der Waals surface area contributed by atoms with Crippen LogP contribution in [0.1, 0.15) is 15.9 Å². The van der Waals surface area contributed by atoms with Crippen molar-refractivity contribution in [3.05, 3.63) is 100 Å². The Morgan fingerprint density at radius 3 is 2.36 bits per heavy atom. The predicted octanol–water partition coefficient (Wildman–Crippen LogP) is 5.03. The summed E-state index contributed by atoms with van der Waals surface area (Å²) in [6.45, 7) is 1.76. The normalized spacial score (nSPS) is 10.8. The van der Waals surface area contributed by atoms with Crippen molar-refractivity contribution in [1.82, 2.24) is 0 Å². The molecule has 0 fully saturated rings. The van der Waals surface area contributed by atoms with Gasteiger partial charge in [-0.05, 0) is 35.7 Å². The molecule has 4 rings (SSSR count). The minimum absolute atomic E-state index is 0.0910. The average Bonchev–Trinajstić information content (AvgIpc) is 2.72. The van der Waals surface area contributed by atoms with Crippen molar-refractivity contribution in [2.75, 3.05) is 6.61 Å². The lowest BCUT2D eigenvalue weighted by Gasteiger charge is -2.08. The van der Waals surface area contributed by atoms with Gasteiger partial charge in [0.05, 0.1) is 0 Å². The van der Waals surface area contributed by atoms with Gasteiger partial charge in [0.1, 0.15) is 11.3 Å². The van der Waals surface area contributed by atoms with Crippen LogP contribution < -0.4 is 10.4 Å². The monoisotopic (exact) mass is 370 g/mol. The Kier molecular flexibility index (Phi) is 4.77. The van der Waals surface area contributed by atoms with Gasteiger partial charge in [0.25, 0.3) is 0 Å². The topological polar surface area (TPSA) is 56.5 Å². The Labute approximate surface area is 162 Å². The molecule has 0 spiro atoms. The highest BCUT2D eigenvalue weighted by Gasteiger charge is 2.09. The zero-order valence-electron chi connectivity index (χ0n) is 15.3. The lowest BCUT2D eigenvalue weighted by molar-refractivity contribution is 0.0921. The molecule has 0 saturated carbocycles. The van der Waals surface area contributed by atoms with Crippen molar-refractivity contribution < 1.29 is 13.9 Å². The summed E-state index contributed by atoms with van der Waals surface area (Å²) < 4.78 is 10.8. The van der Waals surface area contributed by atoms with Gasteiger partial charge in [0, 0.05) is 23.1 Å². The van der Waals surface area contributed by atoms with E-state index in [0.717, 1.165) is 22.1 Å². The van der Waals surface area contributed by atoms with E-state index in [1.807, 2.05) is 55.5 Å². The molecule has 3 aromatic carbocycles. The van der Waals surface area contributed by atoms with Crippen LogP contribution in [0.3, 0.4) is 0 Å². The van der Waals surface area contributed by atoms with Crippen molar-refractivity contribution in [2.24, 2.45) is 0 Å². The first-order chi connectivity index (χ1) is 13.6. The maximum absolute atomic E-state index is 12.4. The van der Waals surface area contributed by atoms with Gasteiger partial charge in [-0.15, -0.1) is 0 Å². The van der Waals surface area contributed by atoms with Crippen LogP contribution in [0.4, 0.5) is 0 Å². The number of benzene rings is 3. The van der Waals surface area contributed by atoms with E-state index in [9.17, 15) is 9.59 Å². The highest BCUT2D eigenvalue weighted by molar-refractivity contribution is 5.97. The van der Waals surface area contributed by atoms with Crippen molar-refractivity contribution in [3.8, 4) is 16.9 Å². The maximum Gasteiger partial charge on any atom is 0.336 e. The Balaban J connectivity index is 1.47. The lowest BCUT2D eigenvalue weighted by Crippen LogP contribution is -2.11. The summed E-state index contributed by atoms with van der Waals surface area (Å²) in [5.74, 6) is 0.362. The number of hydrogen-bond acceptors (Lipinski definition) is 4. The standard InChI is InChI=1S/C24H18O4/c1-16-13-24(26)28-23-14-20(11-12-21(16)23)27-15-22(25)19-9-7-18(8-10-19)17-5-3-2-4-6-17/h2-14H,15H2,1H3. The third-order valence-electron chi connectivity index (χ3n) is 4.61. The number of hydrogen-bond donors (Lipinski definition) is 0. The first-order valence-corrected chi connectivity index (χ1v) is 8.96. The van der Waals surface area contributed by atoms with Crippen LogP contribution in [0.15, 0.2) is 88.1 Å². The molecule has 1 aromatic heterocycles. The van der Waals surface area contributed by atoms with E-state index in [-0.39, 0.29) is 12.4 Å². The van der Waals surface area contributed by atoms with Crippen molar-refractivity contribution in [2.45, 2.75) is 6.92 Å². The molecule has 0 saturated heterocycles. The SMILES string of the molecule is Cc1cc(=O)oc2cc(OCC(=O)c3ccc(-c4ccccc4)cc3)ccc12. The Morgan fingerprint density at radius 2 is 1.61 bits per heavy atom. The van der Waals surface area contributed by atoms with Crippen LogP contribution in [0.2, 0.25) is 0 Å². The Hall–Kier alpha value is -3.66. The quantitative estimate of drug-likeness (QED) is 0.365. The summed E-state index contributed by atoms with van der Waals surface area (Å²) in [5.41, 5.74) is 3.62. The number of carbonyl (C=O) groups excluding carboxylic acids is 1. The molecule has 0 unspecified atom stereocenters. The van der Waals surface area contributed by atoms with E-state index in [1.54, 1.807) is 24.3 Å². The van der Waals surface area contributed by atoms with Gasteiger partial charge in [-0.1, -0.05) is 54.6 Å². The molecule has 0 atom stereocenters. The highest BCUT2D eigenvalue weighted by Crippen LogP contribution is 2.23. The second-order valence-corrected chi connectivity index (χ2v) is 6.56. The second kappa shape index (κ2) is 7.53. The van der Waals surface area contributed by atoms with Crippen molar-refractivity contribution in [1.29, 1.82) is 0 Å². The number of fused-ring (bicyclic) bond motifs is 1. The first-order valence-electron chi connectivity index (χ1n) is 8.96. The average molecular weight is 370 g/mol. The smallest absolute Gasteiger partial charge is 0.336 e. The van der Waals surface area contributed by atoms with Crippen molar-refractivity contribution >= 4 is 16.8 Å². The van der Waals surface area contributed by atoms with E-state index in [0.29, 0.717) is 16.9 Å². The predicted molar refractivity (Wildman–Crippen MR) is 109 cm³/mol. The van der Waals surface area contributed by atoms with Crippen LogP contribution in [0, 0.1) is 6.92 Å². The van der Waals surface area contributed by atoms with E-state index < -0.39 is 5.63 Å². The molecule has 4 nitrogen and oxygen atoms in total. The van der Waals surface area contributed by atoms with Gasteiger partial charge >= 0.3 is 5.63 Å². The third kappa shape index (κ3) is 3.71. The molecule has 4 aromatic rings. The molecular weight excluding hydrogens is 352 g/mol. The van der Waals surface area contributed by atoms with Crippen LogP contribution in [-0.2, 0) is 0 Å². The van der Waals surface area contributed by atoms with Crippen LogP contribution in [-0.4, -0.2) is 12.4 Å². The van der Waals surface area contributed by atoms with Gasteiger partial charge in [-0.2, -0.15) is 0 Å². The Morgan fingerprint density at radius 1 is 0.893 bits per heavy atom. The number of aryl methyl sites for hydroxylation is 1. The lowest BCUT2D eigenvalue weighted by atomic mass is 10.0. The van der Waals surface area contributed by atoms with E-state index in [1.165, 1.54) is 6.07 Å². The summed E-state index contributed by atoms with van der Waals surface area (Å²) in [5, 5.41) is 0.842. The molecule has 4 heteroatoms. The van der Waals surface area contributed by atoms with Crippen LogP contribution in [0.25, 0.3) is 22.1 Å². The Bertz CT molecular complexity index is 1190. The van der Waals surface area contributed by atoms with Gasteiger partial charge in [-0.25, -0.2) is 4.79 Å². The van der Waals surface area contributed by atoms with Crippen LogP contribution in [0.5, 0.6) is 5.75 Å². The van der Waals surface area contributed by atoms with E-state index >= 15 is 0 Å². The molecule has 0 N–H and O–H groups in total. The summed E-state index contributed by atoms with van der Waals surface area (Å²) in [6.07, 6.45) is 0. The van der Waals surface area contributed by atoms with E-state index in [4.69, 9.17) is 9.15 Å². The highest BCUT2D eigenvalue weighted by atomic mass is 16.5. The third-order valence-corrected chi connectivity index (χ3v) is 4.61. The molecule has 0 aliphatic rings. The largest absolute Gasteiger partial charge is 0.485 e. The van der Waals surface area contributed by atoms with Gasteiger partial charge in [-0.3, -0.25) is 4.79 Å². The first kappa shape index (κ1) is 17.7. The molecule has 1 heterocycles. The molecule has 0 bridgehead atoms. The van der Waals surface area contributed by atoms with Gasteiger partial charge in [0.15, 0.2) is 12.4 Å². The number of ketones is 1. The fraction of sp³-hybridized carbons (Fsp3) is 0.0833. The summed E-state index contributed by atoms with van der Waals surface area (Å²) >= 11 is 0. The van der Waals surface area contributed by atoms with Gasteiger partial charge in [0.2, 0.25) is 0 Å². The molecule has 0 amide bonds. The van der Waals surface area contributed by atoms with E-state index in [2.05, 4.69) is 0 Å². The summed E-state index contributed by atoms with van der Waals surface area (Å²) in [6, 6.07) is 24.1. The molecule has 0 aliphatic carbocycles. The zero-order valence-corrected chi connectivity index (χ0v) is 15.3. The minimum Gasteiger partial charge on any atom is -0.485 e. The number of carbonyl (C=O) groups is 1. The fourth-order valence-electron chi connectivity index (χ4n) is 3.11. The van der Waals surface area contributed by atoms with Crippen molar-refractivity contribution in [3.63, 3.8) is 0 Å². The molecule has 138 valence electrons. The molecule has 0 radical (unpaired) electrons. The minimum atomic E-state index is -0.406. The fourth-order valence-corrected chi connectivity index (χ4v) is 3.11. The number of ether oxygens (including phenoxy) is 1. The summed E-state index contributed by atoms with van der Waals surface area (Å²) in [4.78, 5) is 24.0.